The zero-order chi connectivity index (χ0) is 10.6. The van der Waals surface area contributed by atoms with Crippen molar-refractivity contribution in [2.45, 2.75) is 16.9 Å². The van der Waals surface area contributed by atoms with Gasteiger partial charge in [-0.3, -0.25) is 0 Å². The third-order valence-corrected chi connectivity index (χ3v) is 3.78. The molecule has 14 heavy (non-hydrogen) atoms. The Morgan fingerprint density at radius 3 is 3.07 bits per heavy atom. The maximum Gasteiger partial charge on any atom is 0.338 e. The van der Waals surface area contributed by atoms with Crippen LogP contribution in [0.25, 0.3) is 0 Å². The van der Waals surface area contributed by atoms with Crippen molar-refractivity contribution >= 4 is 29.1 Å². The molecule has 4 nitrogen and oxygen atoms in total. The average Bonchev–Trinajstić information content (AvgIpc) is 2.66. The van der Waals surface area contributed by atoms with Crippen molar-refractivity contribution in [1.82, 2.24) is 4.98 Å². The highest BCUT2D eigenvalue weighted by Crippen LogP contribution is 2.24. The molecule has 6 heteroatoms. The van der Waals surface area contributed by atoms with Gasteiger partial charge in [0.1, 0.15) is 4.34 Å². The van der Waals surface area contributed by atoms with Crippen molar-refractivity contribution in [2.75, 3.05) is 12.9 Å². The Morgan fingerprint density at radius 2 is 2.57 bits per heavy atom. The van der Waals surface area contributed by atoms with Gasteiger partial charge in [-0.15, -0.1) is 11.3 Å². The molecule has 0 fully saturated rings. The molecule has 0 saturated heterocycles. The third-order valence-electron chi connectivity index (χ3n) is 1.51. The summed E-state index contributed by atoms with van der Waals surface area (Å²) in [5.41, 5.74) is -1.45. The molecule has 0 aliphatic rings. The average molecular weight is 233 g/mol. The van der Waals surface area contributed by atoms with Crippen LogP contribution in [-0.2, 0) is 9.53 Å². The molecule has 1 unspecified atom stereocenters. The van der Waals surface area contributed by atoms with E-state index in [0.717, 1.165) is 4.34 Å². The number of aromatic nitrogens is 1. The van der Waals surface area contributed by atoms with Gasteiger partial charge >= 0.3 is 5.97 Å². The molecule has 0 aromatic carbocycles. The summed E-state index contributed by atoms with van der Waals surface area (Å²) in [6.45, 7) is 1.43. The number of rotatable bonds is 4. The van der Waals surface area contributed by atoms with Crippen molar-refractivity contribution in [1.29, 1.82) is 0 Å². The summed E-state index contributed by atoms with van der Waals surface area (Å²) >= 11 is 2.81. The minimum atomic E-state index is -1.45. The lowest BCUT2D eigenvalue weighted by atomic mass is 10.1. The van der Waals surface area contributed by atoms with Crippen LogP contribution >= 0.6 is 23.1 Å². The number of thioether (sulfide) groups is 1. The minimum absolute atomic E-state index is 0.243. The summed E-state index contributed by atoms with van der Waals surface area (Å²) in [5, 5.41) is 11.5. The molecular weight excluding hydrogens is 222 g/mol. The van der Waals surface area contributed by atoms with Crippen molar-refractivity contribution < 1.29 is 14.6 Å². The van der Waals surface area contributed by atoms with E-state index in [4.69, 9.17) is 0 Å². The Balaban J connectivity index is 2.48. The highest BCUT2D eigenvalue weighted by Gasteiger charge is 2.31. The molecule has 0 spiro atoms. The van der Waals surface area contributed by atoms with Crippen molar-refractivity contribution in [3.8, 4) is 0 Å². The lowest BCUT2D eigenvalue weighted by Crippen LogP contribution is -2.38. The van der Waals surface area contributed by atoms with Crippen LogP contribution in [0.5, 0.6) is 0 Å². The molecule has 1 heterocycles. The number of carbonyl (C=O) groups excluding carboxylic acids is 1. The van der Waals surface area contributed by atoms with Gasteiger partial charge in [0.2, 0.25) is 0 Å². The first-order valence-electron chi connectivity index (χ1n) is 3.89. The Hall–Kier alpha value is -0.590. The molecule has 1 aromatic heterocycles. The zero-order valence-electron chi connectivity index (χ0n) is 7.89. The highest BCUT2D eigenvalue weighted by molar-refractivity contribution is 8.01. The minimum Gasteiger partial charge on any atom is -0.467 e. The lowest BCUT2D eigenvalue weighted by Gasteiger charge is -2.18. The fourth-order valence-electron chi connectivity index (χ4n) is 0.763. The van der Waals surface area contributed by atoms with Gasteiger partial charge < -0.3 is 9.84 Å². The van der Waals surface area contributed by atoms with E-state index in [-0.39, 0.29) is 5.75 Å². The number of hydrogen-bond acceptors (Lipinski definition) is 6. The molecule has 0 bridgehead atoms. The number of ether oxygens (including phenoxy) is 1. The number of esters is 1. The van der Waals surface area contributed by atoms with Gasteiger partial charge in [-0.25, -0.2) is 9.78 Å². The van der Waals surface area contributed by atoms with E-state index in [1.54, 1.807) is 6.20 Å². The molecular formula is C8H11NO3S2. The monoisotopic (exact) mass is 233 g/mol. The second kappa shape index (κ2) is 4.77. The fourth-order valence-corrected chi connectivity index (χ4v) is 2.40. The van der Waals surface area contributed by atoms with E-state index in [9.17, 15) is 9.90 Å². The Kier molecular flexibility index (Phi) is 3.91. The summed E-state index contributed by atoms with van der Waals surface area (Å²) in [7, 11) is 1.25. The Bertz CT molecular complexity index is 298. The van der Waals surface area contributed by atoms with Gasteiger partial charge in [-0.2, -0.15) is 0 Å². The van der Waals surface area contributed by atoms with Crippen LogP contribution in [0.1, 0.15) is 6.92 Å². The number of hydrogen-bond donors (Lipinski definition) is 1. The van der Waals surface area contributed by atoms with E-state index in [2.05, 4.69) is 9.72 Å². The van der Waals surface area contributed by atoms with Crippen molar-refractivity contribution in [2.24, 2.45) is 0 Å². The van der Waals surface area contributed by atoms with Crippen molar-refractivity contribution in [3.05, 3.63) is 11.6 Å². The maximum atomic E-state index is 11.1. The van der Waals surface area contributed by atoms with E-state index in [1.165, 1.54) is 37.1 Å². The van der Waals surface area contributed by atoms with E-state index >= 15 is 0 Å². The predicted octanol–water partition coefficient (Wildman–Crippen LogP) is 1.16. The summed E-state index contributed by atoms with van der Waals surface area (Å²) in [6, 6.07) is 0. The molecule has 0 saturated carbocycles. The Morgan fingerprint density at radius 1 is 1.86 bits per heavy atom. The number of nitrogens with zero attached hydrogens (tertiary/aromatic N) is 1. The molecule has 1 atom stereocenters. The number of methoxy groups -OCH3 is 1. The number of carbonyl (C=O) groups is 1. The fraction of sp³-hybridized carbons (Fsp3) is 0.500. The third kappa shape index (κ3) is 2.97. The predicted molar refractivity (Wildman–Crippen MR) is 55.5 cm³/mol. The quantitative estimate of drug-likeness (QED) is 0.624. The van der Waals surface area contributed by atoms with E-state index < -0.39 is 11.6 Å². The Labute approximate surface area is 90.3 Å². The number of thiazole rings is 1. The van der Waals surface area contributed by atoms with Gasteiger partial charge in [-0.1, -0.05) is 11.8 Å². The normalized spacial score (nSPS) is 14.8. The summed E-state index contributed by atoms with van der Waals surface area (Å²) in [5.74, 6) is -0.380. The zero-order valence-corrected chi connectivity index (χ0v) is 9.52. The van der Waals surface area contributed by atoms with Gasteiger partial charge in [0.15, 0.2) is 5.60 Å². The first kappa shape index (κ1) is 11.5. The summed E-state index contributed by atoms with van der Waals surface area (Å²) in [6.07, 6.45) is 1.68. The molecule has 1 aromatic rings. The molecule has 0 radical (unpaired) electrons. The first-order chi connectivity index (χ1) is 6.56. The lowest BCUT2D eigenvalue weighted by molar-refractivity contribution is -0.158. The van der Waals surface area contributed by atoms with Gasteiger partial charge in [0.25, 0.3) is 0 Å². The SMILES string of the molecule is COC(=O)C(C)(O)CSc1nccs1. The smallest absolute Gasteiger partial charge is 0.338 e. The van der Waals surface area contributed by atoms with Crippen molar-refractivity contribution in [3.63, 3.8) is 0 Å². The number of aliphatic hydroxyl groups is 1. The molecule has 0 aliphatic carbocycles. The van der Waals surface area contributed by atoms with E-state index in [1.807, 2.05) is 5.38 Å². The van der Waals surface area contributed by atoms with Gasteiger partial charge in [0.05, 0.1) is 7.11 Å². The standard InChI is InChI=1S/C8H11NO3S2/c1-8(11,6(10)12-2)5-14-7-9-3-4-13-7/h3-4,11H,5H2,1-2H3. The second-order valence-electron chi connectivity index (χ2n) is 2.85. The maximum absolute atomic E-state index is 11.1. The molecule has 0 amide bonds. The van der Waals surface area contributed by atoms with Gasteiger partial charge in [-0.05, 0) is 6.92 Å². The topological polar surface area (TPSA) is 59.4 Å². The van der Waals surface area contributed by atoms with Crippen LogP contribution in [0.2, 0.25) is 0 Å². The molecule has 0 aliphatic heterocycles. The summed E-state index contributed by atoms with van der Waals surface area (Å²) in [4.78, 5) is 15.1. The second-order valence-corrected chi connectivity index (χ2v) is 4.97. The van der Waals surface area contributed by atoms with Crippen LogP contribution in [0.3, 0.4) is 0 Å². The van der Waals surface area contributed by atoms with Crippen LogP contribution in [0.15, 0.2) is 15.9 Å². The molecule has 1 rings (SSSR count). The molecule has 1 N–H and O–H groups in total. The molecule has 78 valence electrons. The van der Waals surface area contributed by atoms with Gasteiger partial charge in [0, 0.05) is 17.3 Å². The largest absolute Gasteiger partial charge is 0.467 e. The van der Waals surface area contributed by atoms with Crippen LogP contribution in [0, 0.1) is 0 Å². The highest BCUT2D eigenvalue weighted by atomic mass is 32.2. The van der Waals surface area contributed by atoms with Crippen LogP contribution in [-0.4, -0.2) is 34.5 Å². The van der Waals surface area contributed by atoms with Crippen LogP contribution in [0.4, 0.5) is 0 Å². The first-order valence-corrected chi connectivity index (χ1v) is 5.76. The van der Waals surface area contributed by atoms with E-state index in [0.29, 0.717) is 0 Å². The summed E-state index contributed by atoms with van der Waals surface area (Å²) < 4.78 is 5.29. The van der Waals surface area contributed by atoms with Crippen LogP contribution < -0.4 is 0 Å².